The molecule has 2 fully saturated rings. The van der Waals surface area contributed by atoms with E-state index < -0.39 is 0 Å². The number of nitrogens with two attached hydrogens (primary N) is 1. The predicted octanol–water partition coefficient (Wildman–Crippen LogP) is 2.80. The van der Waals surface area contributed by atoms with Crippen LogP contribution in [0.15, 0.2) is 0 Å². The van der Waals surface area contributed by atoms with Crippen molar-refractivity contribution in [1.29, 1.82) is 0 Å². The zero-order chi connectivity index (χ0) is 9.42. The van der Waals surface area contributed by atoms with Gasteiger partial charge >= 0.3 is 0 Å². The van der Waals surface area contributed by atoms with Gasteiger partial charge in [0.15, 0.2) is 0 Å². The van der Waals surface area contributed by atoms with Crippen molar-refractivity contribution in [3.05, 3.63) is 0 Å². The fourth-order valence-corrected chi connectivity index (χ4v) is 3.49. The van der Waals surface area contributed by atoms with Crippen molar-refractivity contribution in [1.82, 2.24) is 0 Å². The first kappa shape index (κ1) is 9.51. The van der Waals surface area contributed by atoms with E-state index in [0.29, 0.717) is 6.04 Å². The molecule has 2 saturated carbocycles. The van der Waals surface area contributed by atoms with Crippen molar-refractivity contribution in [2.75, 3.05) is 0 Å². The molecular formula is C12H23N. The Bertz CT molecular complexity index is 162. The third kappa shape index (κ3) is 2.07. The fraction of sp³-hybridized carbons (Fsp3) is 1.00. The van der Waals surface area contributed by atoms with Crippen LogP contribution in [0.3, 0.4) is 0 Å². The molecule has 1 nitrogen and oxygen atoms in total. The highest BCUT2D eigenvalue weighted by Gasteiger charge is 2.36. The SMILES string of the molecule is CC1CC(C)CC(C2CC(N)C2)C1. The quantitative estimate of drug-likeness (QED) is 0.661. The van der Waals surface area contributed by atoms with Gasteiger partial charge in [0.2, 0.25) is 0 Å². The smallest absolute Gasteiger partial charge is 0.00443 e. The summed E-state index contributed by atoms with van der Waals surface area (Å²) in [4.78, 5) is 0. The number of rotatable bonds is 1. The van der Waals surface area contributed by atoms with Crippen LogP contribution in [0.1, 0.15) is 46.0 Å². The summed E-state index contributed by atoms with van der Waals surface area (Å²) in [5.41, 5.74) is 5.84. The molecule has 0 amide bonds. The van der Waals surface area contributed by atoms with E-state index >= 15 is 0 Å². The summed E-state index contributed by atoms with van der Waals surface area (Å²) in [6.07, 6.45) is 7.02. The summed E-state index contributed by atoms with van der Waals surface area (Å²) >= 11 is 0. The molecule has 2 aliphatic rings. The van der Waals surface area contributed by atoms with E-state index in [-0.39, 0.29) is 0 Å². The van der Waals surface area contributed by atoms with E-state index in [1.54, 1.807) is 0 Å². The summed E-state index contributed by atoms with van der Waals surface area (Å²) < 4.78 is 0. The molecule has 0 aromatic rings. The van der Waals surface area contributed by atoms with Gasteiger partial charge in [-0.3, -0.25) is 0 Å². The molecule has 13 heavy (non-hydrogen) atoms. The van der Waals surface area contributed by atoms with Crippen LogP contribution in [0.2, 0.25) is 0 Å². The monoisotopic (exact) mass is 181 g/mol. The van der Waals surface area contributed by atoms with Crippen LogP contribution < -0.4 is 5.73 Å². The van der Waals surface area contributed by atoms with E-state index in [4.69, 9.17) is 5.73 Å². The van der Waals surface area contributed by atoms with Crippen LogP contribution in [0.5, 0.6) is 0 Å². The first-order valence-corrected chi connectivity index (χ1v) is 5.90. The maximum atomic E-state index is 5.84. The lowest BCUT2D eigenvalue weighted by Gasteiger charge is -2.43. The van der Waals surface area contributed by atoms with Gasteiger partial charge in [0, 0.05) is 6.04 Å². The molecule has 2 N–H and O–H groups in total. The molecule has 2 atom stereocenters. The van der Waals surface area contributed by atoms with Gasteiger partial charge in [-0.25, -0.2) is 0 Å². The molecule has 0 saturated heterocycles. The summed E-state index contributed by atoms with van der Waals surface area (Å²) in [6, 6.07) is 0.539. The molecule has 0 heterocycles. The Morgan fingerprint density at radius 1 is 0.769 bits per heavy atom. The normalized spacial score (nSPS) is 51.5. The van der Waals surface area contributed by atoms with Crippen molar-refractivity contribution in [3.63, 3.8) is 0 Å². The fourth-order valence-electron chi connectivity index (χ4n) is 3.49. The van der Waals surface area contributed by atoms with E-state index in [2.05, 4.69) is 13.8 Å². The van der Waals surface area contributed by atoms with Crippen LogP contribution >= 0.6 is 0 Å². The second-order valence-electron chi connectivity index (χ2n) is 5.67. The highest BCUT2D eigenvalue weighted by molar-refractivity contribution is 4.89. The molecule has 76 valence electrons. The van der Waals surface area contributed by atoms with Gasteiger partial charge in [-0.1, -0.05) is 13.8 Å². The molecule has 0 spiro atoms. The lowest BCUT2D eigenvalue weighted by molar-refractivity contribution is 0.0949. The van der Waals surface area contributed by atoms with Crippen LogP contribution in [-0.4, -0.2) is 6.04 Å². The maximum Gasteiger partial charge on any atom is 0.00443 e. The molecule has 0 radical (unpaired) electrons. The standard InChI is InChI=1S/C12H23N/c1-8-3-9(2)5-10(4-8)11-6-12(13)7-11/h8-12H,3-7,13H2,1-2H3. The third-order valence-corrected chi connectivity index (χ3v) is 4.09. The van der Waals surface area contributed by atoms with Crippen molar-refractivity contribution < 1.29 is 0 Å². The van der Waals surface area contributed by atoms with Crippen LogP contribution in [0.25, 0.3) is 0 Å². The molecular weight excluding hydrogens is 158 g/mol. The Morgan fingerprint density at radius 3 is 1.69 bits per heavy atom. The summed E-state index contributed by atoms with van der Waals surface area (Å²) in [7, 11) is 0. The predicted molar refractivity (Wildman–Crippen MR) is 56.4 cm³/mol. The highest BCUT2D eigenvalue weighted by atomic mass is 14.7. The maximum absolute atomic E-state index is 5.84. The van der Waals surface area contributed by atoms with E-state index in [0.717, 1.165) is 23.7 Å². The summed E-state index contributed by atoms with van der Waals surface area (Å²) in [5.74, 6) is 3.93. The van der Waals surface area contributed by atoms with E-state index in [1.807, 2.05) is 0 Å². The average Bonchev–Trinajstić information content (AvgIpc) is 1.96. The molecule has 0 aromatic heterocycles. The Labute approximate surface area is 82.1 Å². The molecule has 1 heteroatoms. The second kappa shape index (κ2) is 3.61. The largest absolute Gasteiger partial charge is 0.328 e. The van der Waals surface area contributed by atoms with Crippen LogP contribution in [-0.2, 0) is 0 Å². The molecule has 2 unspecified atom stereocenters. The number of hydrogen-bond acceptors (Lipinski definition) is 1. The first-order valence-electron chi connectivity index (χ1n) is 5.90. The Kier molecular flexibility index (Phi) is 2.64. The van der Waals surface area contributed by atoms with Gasteiger partial charge in [0.05, 0.1) is 0 Å². The Hall–Kier alpha value is -0.0400. The Balaban J connectivity index is 1.85. The molecule has 0 bridgehead atoms. The third-order valence-electron chi connectivity index (χ3n) is 4.09. The minimum atomic E-state index is 0.539. The molecule has 0 aromatic carbocycles. The highest BCUT2D eigenvalue weighted by Crippen LogP contribution is 2.43. The van der Waals surface area contributed by atoms with Crippen molar-refractivity contribution in [3.8, 4) is 0 Å². The molecule has 0 aliphatic heterocycles. The molecule has 2 aliphatic carbocycles. The minimum Gasteiger partial charge on any atom is -0.328 e. The zero-order valence-corrected chi connectivity index (χ0v) is 9.00. The van der Waals surface area contributed by atoms with Crippen molar-refractivity contribution in [2.45, 2.75) is 52.0 Å². The average molecular weight is 181 g/mol. The van der Waals surface area contributed by atoms with Gasteiger partial charge in [0.25, 0.3) is 0 Å². The van der Waals surface area contributed by atoms with Gasteiger partial charge in [-0.2, -0.15) is 0 Å². The Morgan fingerprint density at radius 2 is 1.23 bits per heavy atom. The van der Waals surface area contributed by atoms with Crippen LogP contribution in [0.4, 0.5) is 0 Å². The van der Waals surface area contributed by atoms with Gasteiger partial charge in [-0.05, 0) is 55.8 Å². The lowest BCUT2D eigenvalue weighted by atomic mass is 9.64. The summed E-state index contributed by atoms with van der Waals surface area (Å²) in [5, 5.41) is 0. The summed E-state index contributed by atoms with van der Waals surface area (Å²) in [6.45, 7) is 4.84. The van der Waals surface area contributed by atoms with Gasteiger partial charge in [0.1, 0.15) is 0 Å². The topological polar surface area (TPSA) is 26.0 Å². The zero-order valence-electron chi connectivity index (χ0n) is 9.00. The molecule has 2 rings (SSSR count). The number of hydrogen-bond donors (Lipinski definition) is 1. The van der Waals surface area contributed by atoms with Gasteiger partial charge < -0.3 is 5.73 Å². The second-order valence-corrected chi connectivity index (χ2v) is 5.67. The van der Waals surface area contributed by atoms with Crippen molar-refractivity contribution in [2.24, 2.45) is 29.4 Å². The van der Waals surface area contributed by atoms with Gasteiger partial charge in [-0.15, -0.1) is 0 Å². The van der Waals surface area contributed by atoms with Crippen LogP contribution in [0, 0.1) is 23.7 Å². The van der Waals surface area contributed by atoms with E-state index in [1.165, 1.54) is 32.1 Å². The van der Waals surface area contributed by atoms with E-state index in [9.17, 15) is 0 Å². The first-order chi connectivity index (χ1) is 6.15. The van der Waals surface area contributed by atoms with Crippen molar-refractivity contribution >= 4 is 0 Å². The lowest BCUT2D eigenvalue weighted by Crippen LogP contribution is -2.42. The minimum absolute atomic E-state index is 0.539.